The monoisotopic (exact) mass is 849 g/mol. The Hall–Kier alpha value is -2.06. The molecule has 0 spiro atoms. The Balaban J connectivity index is 4.25. The molecular formula is C50H91NO7P+. The van der Waals surface area contributed by atoms with Gasteiger partial charge in [0, 0.05) is 13.0 Å². The summed E-state index contributed by atoms with van der Waals surface area (Å²) >= 11 is 0. The van der Waals surface area contributed by atoms with E-state index in [9.17, 15) is 14.3 Å². The first-order chi connectivity index (χ1) is 28.6. The molecule has 0 aromatic rings. The molecule has 0 aliphatic heterocycles. The van der Waals surface area contributed by atoms with Crippen LogP contribution < -0.4 is 0 Å². The zero-order valence-electron chi connectivity index (χ0n) is 38.7. The Morgan fingerprint density at radius 3 is 1.47 bits per heavy atom. The number of hydrogen-bond donors (Lipinski definition) is 1. The number of phosphoric acid groups is 1. The van der Waals surface area contributed by atoms with E-state index in [0.29, 0.717) is 24.1 Å². The number of unbranched alkanes of at least 4 members (excludes halogenated alkanes) is 17. The maximum Gasteiger partial charge on any atom is 0.472 e. The second-order valence-corrected chi connectivity index (χ2v) is 18.2. The summed E-state index contributed by atoms with van der Waals surface area (Å²) in [6.45, 7) is 5.44. The van der Waals surface area contributed by atoms with Crippen LogP contribution in [-0.4, -0.2) is 75.6 Å². The standard InChI is InChI=1S/C50H90NO7P/c1-6-8-10-12-14-16-18-20-22-24-25-26-27-28-29-31-33-35-37-39-41-43-50(52)58-49(48-57-59(53,54)56-46-44-51(3,4)5)47-55-45-42-40-38-36-34-32-30-23-21-19-17-15-13-11-9-7-2/h9,11,15,17-18,20-21,23-25,27-28,49H,6-8,10,12-14,16,19,22,26,29-48H2,1-5H3/p+1/b11-9-,17-15-,20-18-,23-21-,25-24-,28-27-. The van der Waals surface area contributed by atoms with Crippen molar-refractivity contribution in [3.05, 3.63) is 72.9 Å². The molecule has 0 aromatic heterocycles. The van der Waals surface area contributed by atoms with Gasteiger partial charge in [0.25, 0.3) is 0 Å². The number of rotatable bonds is 43. The van der Waals surface area contributed by atoms with Crippen LogP contribution >= 0.6 is 7.82 Å². The highest BCUT2D eigenvalue weighted by Crippen LogP contribution is 2.43. The average Bonchev–Trinajstić information content (AvgIpc) is 3.19. The van der Waals surface area contributed by atoms with Crippen molar-refractivity contribution in [2.45, 2.75) is 187 Å². The van der Waals surface area contributed by atoms with Gasteiger partial charge in [-0.3, -0.25) is 13.8 Å². The van der Waals surface area contributed by atoms with Crippen molar-refractivity contribution in [3.8, 4) is 0 Å². The van der Waals surface area contributed by atoms with Crippen LogP contribution in [0.1, 0.15) is 181 Å². The third-order valence-corrected chi connectivity index (χ3v) is 10.7. The number of phosphoric ester groups is 1. The molecule has 0 rings (SSSR count). The summed E-state index contributed by atoms with van der Waals surface area (Å²) in [7, 11) is 1.64. The van der Waals surface area contributed by atoms with E-state index in [0.717, 1.165) is 89.9 Å². The van der Waals surface area contributed by atoms with Crippen LogP contribution in [0.15, 0.2) is 72.9 Å². The van der Waals surface area contributed by atoms with E-state index < -0.39 is 13.9 Å². The Morgan fingerprint density at radius 1 is 0.542 bits per heavy atom. The first kappa shape index (κ1) is 56.9. The normalized spacial score (nSPS) is 14.3. The number of ether oxygens (including phenoxy) is 2. The lowest BCUT2D eigenvalue weighted by Crippen LogP contribution is -2.37. The van der Waals surface area contributed by atoms with E-state index in [4.69, 9.17) is 18.5 Å². The van der Waals surface area contributed by atoms with Crippen molar-refractivity contribution in [2.24, 2.45) is 0 Å². The molecule has 1 N–H and O–H groups in total. The SMILES string of the molecule is CC/C=C\C/C=C\C/C=C\CCCCCCCCOCC(COP(=O)(O)OCC[N+](C)(C)C)OC(=O)CCCCCCCC/C=C\C/C=C\C/C=C\CCCCCCC. The largest absolute Gasteiger partial charge is 0.472 e. The number of nitrogens with zero attached hydrogens (tertiary/aromatic N) is 1. The summed E-state index contributed by atoms with van der Waals surface area (Å²) < 4.78 is 35.0. The highest BCUT2D eigenvalue weighted by Gasteiger charge is 2.26. The molecule has 0 fully saturated rings. The summed E-state index contributed by atoms with van der Waals surface area (Å²) in [5.74, 6) is -0.333. The molecule has 0 bridgehead atoms. The average molecular weight is 849 g/mol. The number of quaternary nitrogens is 1. The third-order valence-electron chi connectivity index (χ3n) is 9.75. The Morgan fingerprint density at radius 2 is 0.983 bits per heavy atom. The zero-order valence-corrected chi connectivity index (χ0v) is 39.6. The van der Waals surface area contributed by atoms with Crippen LogP contribution in [0.3, 0.4) is 0 Å². The number of hydrogen-bond acceptors (Lipinski definition) is 6. The quantitative estimate of drug-likeness (QED) is 0.0215. The van der Waals surface area contributed by atoms with Gasteiger partial charge in [0.15, 0.2) is 0 Å². The van der Waals surface area contributed by atoms with Crippen molar-refractivity contribution >= 4 is 13.8 Å². The van der Waals surface area contributed by atoms with E-state index in [1.165, 1.54) is 70.6 Å². The first-order valence-corrected chi connectivity index (χ1v) is 25.2. The Kier molecular flexibility index (Phi) is 41.1. The summed E-state index contributed by atoms with van der Waals surface area (Å²) in [6, 6.07) is 0. The second kappa shape index (κ2) is 42.6. The summed E-state index contributed by atoms with van der Waals surface area (Å²) in [5.41, 5.74) is 0. The van der Waals surface area contributed by atoms with Gasteiger partial charge in [0.1, 0.15) is 19.3 Å². The summed E-state index contributed by atoms with van der Waals surface area (Å²) in [4.78, 5) is 22.9. The summed E-state index contributed by atoms with van der Waals surface area (Å²) in [6.07, 6.45) is 55.1. The molecule has 2 unspecified atom stereocenters. The molecule has 0 heterocycles. The van der Waals surface area contributed by atoms with Gasteiger partial charge in [0.05, 0.1) is 34.4 Å². The molecule has 9 heteroatoms. The van der Waals surface area contributed by atoms with Gasteiger partial charge < -0.3 is 18.9 Å². The smallest absolute Gasteiger partial charge is 0.457 e. The molecule has 0 aliphatic carbocycles. The lowest BCUT2D eigenvalue weighted by atomic mass is 10.1. The lowest BCUT2D eigenvalue weighted by Gasteiger charge is -2.24. The second-order valence-electron chi connectivity index (χ2n) is 16.8. The first-order valence-electron chi connectivity index (χ1n) is 23.7. The molecule has 0 aliphatic rings. The van der Waals surface area contributed by atoms with Crippen molar-refractivity contribution in [2.75, 3.05) is 54.1 Å². The van der Waals surface area contributed by atoms with Crippen molar-refractivity contribution in [1.29, 1.82) is 0 Å². The van der Waals surface area contributed by atoms with Gasteiger partial charge in [-0.05, 0) is 83.5 Å². The van der Waals surface area contributed by atoms with E-state index in [2.05, 4.69) is 86.8 Å². The van der Waals surface area contributed by atoms with Crippen LogP contribution in [0, 0.1) is 0 Å². The molecule has 0 radical (unpaired) electrons. The fourth-order valence-electron chi connectivity index (χ4n) is 6.10. The molecular weight excluding hydrogens is 758 g/mol. The predicted octanol–water partition coefficient (Wildman–Crippen LogP) is 14.3. The van der Waals surface area contributed by atoms with E-state index in [1.807, 2.05) is 21.1 Å². The molecule has 0 amide bonds. The maximum absolute atomic E-state index is 12.7. The van der Waals surface area contributed by atoms with Crippen molar-refractivity contribution in [1.82, 2.24) is 0 Å². The maximum atomic E-state index is 12.7. The van der Waals surface area contributed by atoms with Gasteiger partial charge >= 0.3 is 13.8 Å². The van der Waals surface area contributed by atoms with E-state index in [-0.39, 0.29) is 25.8 Å². The van der Waals surface area contributed by atoms with Gasteiger partial charge in [-0.2, -0.15) is 0 Å². The number of carbonyl (C=O) groups excluding carboxylic acids is 1. The topological polar surface area (TPSA) is 91.3 Å². The van der Waals surface area contributed by atoms with Crippen molar-refractivity contribution < 1.29 is 37.3 Å². The lowest BCUT2D eigenvalue weighted by molar-refractivity contribution is -0.870. The van der Waals surface area contributed by atoms with Crippen molar-refractivity contribution in [3.63, 3.8) is 0 Å². The Bertz CT molecular complexity index is 1170. The van der Waals surface area contributed by atoms with Gasteiger partial charge in [-0.25, -0.2) is 4.57 Å². The van der Waals surface area contributed by atoms with Gasteiger partial charge in [-0.1, -0.05) is 164 Å². The van der Waals surface area contributed by atoms with Gasteiger partial charge in [-0.15, -0.1) is 0 Å². The molecule has 0 aromatic carbocycles. The molecule has 0 saturated carbocycles. The highest BCUT2D eigenvalue weighted by molar-refractivity contribution is 7.47. The van der Waals surface area contributed by atoms with Crippen LogP contribution in [0.4, 0.5) is 0 Å². The van der Waals surface area contributed by atoms with E-state index >= 15 is 0 Å². The molecule has 8 nitrogen and oxygen atoms in total. The fourth-order valence-corrected chi connectivity index (χ4v) is 6.84. The summed E-state index contributed by atoms with van der Waals surface area (Å²) in [5, 5.41) is 0. The number of carbonyl (C=O) groups is 1. The molecule has 59 heavy (non-hydrogen) atoms. The number of likely N-dealkylation sites (N-methyl/N-ethyl adjacent to an activating group) is 1. The minimum Gasteiger partial charge on any atom is -0.457 e. The minimum atomic E-state index is -4.29. The predicted molar refractivity (Wildman–Crippen MR) is 252 cm³/mol. The van der Waals surface area contributed by atoms with Gasteiger partial charge in [0.2, 0.25) is 0 Å². The van der Waals surface area contributed by atoms with E-state index in [1.54, 1.807) is 0 Å². The van der Waals surface area contributed by atoms with Crippen LogP contribution in [0.5, 0.6) is 0 Å². The molecule has 0 saturated heterocycles. The van der Waals surface area contributed by atoms with Crippen LogP contribution in [0.2, 0.25) is 0 Å². The van der Waals surface area contributed by atoms with Crippen LogP contribution in [0.25, 0.3) is 0 Å². The Labute approximate surface area is 363 Å². The fraction of sp³-hybridized carbons (Fsp3) is 0.740. The minimum absolute atomic E-state index is 0.0793. The number of allylic oxidation sites excluding steroid dienone is 12. The number of esters is 1. The third kappa shape index (κ3) is 46.9. The van der Waals surface area contributed by atoms with Crippen LogP contribution in [-0.2, 0) is 27.9 Å². The zero-order chi connectivity index (χ0) is 43.4. The molecule has 342 valence electrons. The molecule has 2 atom stereocenters. The highest BCUT2D eigenvalue weighted by atomic mass is 31.2.